The summed E-state index contributed by atoms with van der Waals surface area (Å²) < 4.78 is 0. The van der Waals surface area contributed by atoms with Crippen LogP contribution in [0.3, 0.4) is 0 Å². The minimum absolute atomic E-state index is 0.332. The van der Waals surface area contributed by atoms with Crippen LogP contribution in [0.1, 0.15) is 233 Å². The quantitative estimate of drug-likeness (QED) is 0.0550. The lowest BCUT2D eigenvalue weighted by atomic mass is 10.1. The average Bonchev–Trinajstić information content (AvgIpc) is 3.03. The molecule has 0 saturated heterocycles. The lowest BCUT2D eigenvalue weighted by Gasteiger charge is -2.22. The molecule has 0 atom stereocenters. The number of hydrogen-bond acceptors (Lipinski definition) is 2. The number of allylic oxidation sites excluding steroid dienone is 2. The Morgan fingerprint density at radius 1 is 0.400 bits per heavy atom. The number of carboxylic acid groups (broad SMARTS) is 1. The Bertz CT molecular complexity index is 523. The summed E-state index contributed by atoms with van der Waals surface area (Å²) in [6, 6.07) is 0. The molecule has 0 bridgehead atoms. The van der Waals surface area contributed by atoms with E-state index in [1.54, 1.807) is 0 Å². The Morgan fingerprint density at radius 2 is 0.667 bits per heavy atom. The van der Waals surface area contributed by atoms with Crippen molar-refractivity contribution in [3.05, 3.63) is 12.2 Å². The van der Waals surface area contributed by atoms with E-state index in [4.69, 9.17) is 5.11 Å². The number of nitrogens with zero attached hydrogens (tertiary/aromatic N) is 1. The van der Waals surface area contributed by atoms with Crippen molar-refractivity contribution in [1.82, 2.24) is 4.90 Å². The third-order valence-corrected chi connectivity index (χ3v) is 9.14. The van der Waals surface area contributed by atoms with Crippen molar-refractivity contribution >= 4 is 5.97 Å². The van der Waals surface area contributed by atoms with Gasteiger partial charge in [0.15, 0.2) is 0 Å². The smallest absolute Gasteiger partial charge is 0.303 e. The highest BCUT2D eigenvalue weighted by Gasteiger charge is 2.05. The minimum Gasteiger partial charge on any atom is -0.481 e. The zero-order valence-electron chi connectivity index (χ0n) is 31.7. The van der Waals surface area contributed by atoms with Gasteiger partial charge in [-0.2, -0.15) is 0 Å². The Balaban J connectivity index is 0. The van der Waals surface area contributed by atoms with Crippen molar-refractivity contribution in [3.63, 3.8) is 0 Å². The first-order valence-electron chi connectivity index (χ1n) is 20.7. The van der Waals surface area contributed by atoms with Gasteiger partial charge < -0.3 is 10.0 Å². The molecule has 0 aromatic carbocycles. The van der Waals surface area contributed by atoms with Crippen LogP contribution in [-0.2, 0) is 4.79 Å². The van der Waals surface area contributed by atoms with Crippen LogP contribution >= 0.6 is 0 Å². The number of carboxylic acids is 1. The van der Waals surface area contributed by atoms with Gasteiger partial charge in [0.25, 0.3) is 0 Å². The third kappa shape index (κ3) is 45.3. The van der Waals surface area contributed by atoms with E-state index >= 15 is 0 Å². The van der Waals surface area contributed by atoms with Crippen LogP contribution in [-0.4, -0.2) is 35.6 Å². The van der Waals surface area contributed by atoms with Crippen LogP contribution < -0.4 is 0 Å². The molecule has 0 aliphatic rings. The number of rotatable bonds is 36. The molecule has 3 nitrogen and oxygen atoms in total. The second kappa shape index (κ2) is 43.2. The van der Waals surface area contributed by atoms with Gasteiger partial charge in [-0.1, -0.05) is 188 Å². The van der Waals surface area contributed by atoms with Gasteiger partial charge in [0.2, 0.25) is 0 Å². The molecule has 270 valence electrons. The van der Waals surface area contributed by atoms with Crippen molar-refractivity contribution in [2.24, 2.45) is 0 Å². The average molecular weight is 636 g/mol. The van der Waals surface area contributed by atoms with Crippen LogP contribution in [0.5, 0.6) is 0 Å². The van der Waals surface area contributed by atoms with Crippen molar-refractivity contribution in [3.8, 4) is 0 Å². The molecular weight excluding hydrogens is 550 g/mol. The molecule has 0 aromatic heterocycles. The summed E-state index contributed by atoms with van der Waals surface area (Å²) in [5.74, 6) is -0.664. The van der Waals surface area contributed by atoms with E-state index in [2.05, 4.69) is 44.7 Å². The van der Waals surface area contributed by atoms with E-state index in [-0.39, 0.29) is 0 Å². The van der Waals surface area contributed by atoms with Crippen molar-refractivity contribution in [2.75, 3.05) is 19.6 Å². The van der Waals surface area contributed by atoms with Gasteiger partial charge >= 0.3 is 5.97 Å². The van der Waals surface area contributed by atoms with E-state index < -0.39 is 5.97 Å². The predicted molar refractivity (Wildman–Crippen MR) is 204 cm³/mol. The Kier molecular flexibility index (Phi) is 44.4. The van der Waals surface area contributed by atoms with Gasteiger partial charge in [0.1, 0.15) is 0 Å². The lowest BCUT2D eigenvalue weighted by Crippen LogP contribution is -2.27. The van der Waals surface area contributed by atoms with Gasteiger partial charge in [-0.05, 0) is 71.0 Å². The standard InChI is InChI=1S/C24H51N.C18H34O2/c1-4-7-10-13-16-19-22-25(23-20-17-14-11-8-5-2)24-21-18-15-12-9-6-3;1-2-3-4-5-6-7-8-9-10-11-12-13-14-15-16-17-18(19)20/h4-24H2,1-3H3;9-10H,2-8,11-17H2,1H3,(H,19,20). The predicted octanol–water partition coefficient (Wildman–Crippen LogP) is 14.5. The Morgan fingerprint density at radius 3 is 0.978 bits per heavy atom. The molecule has 0 unspecified atom stereocenters. The van der Waals surface area contributed by atoms with Crippen molar-refractivity contribution < 1.29 is 9.90 Å². The highest BCUT2D eigenvalue weighted by atomic mass is 16.4. The molecule has 0 aliphatic carbocycles. The normalized spacial score (nSPS) is 11.4. The second-order valence-electron chi connectivity index (χ2n) is 13.9. The maximum absolute atomic E-state index is 10.3. The maximum Gasteiger partial charge on any atom is 0.303 e. The first-order valence-corrected chi connectivity index (χ1v) is 20.7. The molecule has 0 heterocycles. The molecule has 0 rings (SSSR count). The molecule has 0 aliphatic heterocycles. The summed E-state index contributed by atoms with van der Waals surface area (Å²) in [5.41, 5.74) is 0. The summed E-state index contributed by atoms with van der Waals surface area (Å²) in [7, 11) is 0. The molecule has 0 spiro atoms. The molecule has 0 amide bonds. The second-order valence-corrected chi connectivity index (χ2v) is 13.9. The zero-order chi connectivity index (χ0) is 33.3. The highest BCUT2D eigenvalue weighted by Crippen LogP contribution is 2.12. The molecule has 0 saturated carbocycles. The number of unbranched alkanes of at least 4 members (excludes halogenated alkanes) is 26. The van der Waals surface area contributed by atoms with E-state index in [1.165, 1.54) is 206 Å². The SMILES string of the molecule is CCCCCCCCC=CCCCCCCCC(=O)O.CCCCCCCCN(CCCCCCCC)CCCCCCCC. The molecular formula is C42H85NO2. The largest absolute Gasteiger partial charge is 0.481 e. The first kappa shape index (κ1) is 46.3. The Labute approximate surface area is 285 Å². The summed E-state index contributed by atoms with van der Waals surface area (Å²) in [6.07, 6.45) is 47.0. The van der Waals surface area contributed by atoms with Crippen LogP contribution in [0.2, 0.25) is 0 Å². The van der Waals surface area contributed by atoms with E-state index in [0.29, 0.717) is 6.42 Å². The van der Waals surface area contributed by atoms with E-state index in [9.17, 15) is 4.79 Å². The van der Waals surface area contributed by atoms with Gasteiger partial charge in [-0.25, -0.2) is 0 Å². The fourth-order valence-electron chi connectivity index (χ4n) is 6.03. The molecule has 0 radical (unpaired) electrons. The van der Waals surface area contributed by atoms with Crippen LogP contribution in [0, 0.1) is 0 Å². The minimum atomic E-state index is -0.664. The van der Waals surface area contributed by atoms with Crippen LogP contribution in [0.25, 0.3) is 0 Å². The monoisotopic (exact) mass is 636 g/mol. The Hall–Kier alpha value is -0.830. The van der Waals surface area contributed by atoms with Crippen LogP contribution in [0.15, 0.2) is 12.2 Å². The maximum atomic E-state index is 10.3. The van der Waals surface area contributed by atoms with Crippen LogP contribution in [0.4, 0.5) is 0 Å². The van der Waals surface area contributed by atoms with Gasteiger partial charge in [0.05, 0.1) is 0 Å². The fourth-order valence-corrected chi connectivity index (χ4v) is 6.03. The highest BCUT2D eigenvalue weighted by molar-refractivity contribution is 5.66. The third-order valence-electron chi connectivity index (χ3n) is 9.14. The van der Waals surface area contributed by atoms with E-state index in [1.807, 2.05) is 0 Å². The van der Waals surface area contributed by atoms with Gasteiger partial charge in [-0.15, -0.1) is 0 Å². The van der Waals surface area contributed by atoms with Gasteiger partial charge in [0, 0.05) is 6.42 Å². The van der Waals surface area contributed by atoms with Gasteiger partial charge in [-0.3, -0.25) is 4.79 Å². The number of carbonyl (C=O) groups is 1. The van der Waals surface area contributed by atoms with Crippen molar-refractivity contribution in [2.45, 2.75) is 233 Å². The topological polar surface area (TPSA) is 40.5 Å². The summed E-state index contributed by atoms with van der Waals surface area (Å²) >= 11 is 0. The molecule has 45 heavy (non-hydrogen) atoms. The summed E-state index contributed by atoms with van der Waals surface area (Å²) in [6.45, 7) is 13.3. The lowest BCUT2D eigenvalue weighted by molar-refractivity contribution is -0.137. The fraction of sp³-hybridized carbons (Fsp3) is 0.929. The number of aliphatic carboxylic acids is 1. The molecule has 3 heteroatoms. The number of hydrogen-bond donors (Lipinski definition) is 1. The van der Waals surface area contributed by atoms with Crippen molar-refractivity contribution in [1.29, 1.82) is 0 Å². The molecule has 1 N–H and O–H groups in total. The summed E-state index contributed by atoms with van der Waals surface area (Å²) in [4.78, 5) is 13.1. The zero-order valence-corrected chi connectivity index (χ0v) is 31.7. The molecule has 0 fully saturated rings. The molecule has 0 aromatic rings. The van der Waals surface area contributed by atoms with E-state index in [0.717, 1.165) is 12.8 Å². The summed E-state index contributed by atoms with van der Waals surface area (Å²) in [5, 5.41) is 8.51. The first-order chi connectivity index (χ1) is 22.1.